The average Bonchev–Trinajstić information content (AvgIpc) is 3.04. The van der Waals surface area contributed by atoms with E-state index in [1.165, 1.54) is 96.3 Å². The predicted octanol–water partition coefficient (Wildman–Crippen LogP) is 9.94. The predicted molar refractivity (Wildman–Crippen MR) is 205 cm³/mol. The molecule has 0 saturated heterocycles. The number of carbonyl (C=O) groups is 1. The molecule has 0 spiro atoms. The molecule has 1 amide bonds. The standard InChI is InChI=1S/C40H79N2O6P/c1-6-8-10-12-14-16-17-18-19-20-21-22-23-24-26-28-30-32-34-40(44)41-38(37-48-49(45,46)47-36-35-42(3,4)5)39(43)33-31-29-27-25-15-13-11-9-7-2/h16-17,19-20,38-39,43H,6-15,18,21-37H2,1-5H3,(H-,41,44,45,46)/b17-16-,20-19-. The summed E-state index contributed by atoms with van der Waals surface area (Å²) in [5, 5.41) is 13.8. The molecule has 2 N–H and O–H groups in total. The summed E-state index contributed by atoms with van der Waals surface area (Å²) in [5.74, 6) is -0.176. The number of quaternary nitrogens is 1. The first kappa shape index (κ1) is 48.0. The number of nitrogens with one attached hydrogen (secondary N) is 1. The molecule has 3 atom stereocenters. The molecule has 0 aliphatic heterocycles. The van der Waals surface area contributed by atoms with Gasteiger partial charge in [-0.2, -0.15) is 0 Å². The van der Waals surface area contributed by atoms with Crippen LogP contribution in [-0.2, 0) is 18.4 Å². The quantitative estimate of drug-likeness (QED) is 0.0290. The molecule has 0 saturated carbocycles. The SMILES string of the molecule is CCCCCC/C=C\C/C=C\CCCCCCCCCC(=O)NC(COP(=O)([O-])OCC[N+](C)(C)C)C(O)CCCCCCCCCCC. The summed E-state index contributed by atoms with van der Waals surface area (Å²) < 4.78 is 23.1. The highest BCUT2D eigenvalue weighted by atomic mass is 31.2. The molecule has 0 aromatic heterocycles. The number of amides is 1. The number of rotatable bonds is 36. The van der Waals surface area contributed by atoms with Crippen molar-refractivity contribution < 1.29 is 32.9 Å². The Kier molecular flexibility index (Phi) is 32.2. The lowest BCUT2D eigenvalue weighted by Crippen LogP contribution is -2.46. The van der Waals surface area contributed by atoms with E-state index in [2.05, 4.69) is 43.5 Å². The van der Waals surface area contributed by atoms with Gasteiger partial charge in [0, 0.05) is 6.42 Å². The van der Waals surface area contributed by atoms with Gasteiger partial charge >= 0.3 is 0 Å². The zero-order valence-electron chi connectivity index (χ0n) is 32.6. The maximum absolute atomic E-state index is 12.8. The van der Waals surface area contributed by atoms with Gasteiger partial charge in [0.2, 0.25) is 5.91 Å². The van der Waals surface area contributed by atoms with Crippen LogP contribution in [0, 0.1) is 0 Å². The zero-order valence-corrected chi connectivity index (χ0v) is 33.5. The van der Waals surface area contributed by atoms with Crippen molar-refractivity contribution in [3.05, 3.63) is 24.3 Å². The van der Waals surface area contributed by atoms with Crippen LogP contribution in [0.3, 0.4) is 0 Å². The molecule has 3 unspecified atom stereocenters. The van der Waals surface area contributed by atoms with E-state index in [0.29, 0.717) is 23.9 Å². The van der Waals surface area contributed by atoms with Gasteiger partial charge in [-0.15, -0.1) is 0 Å². The fraction of sp³-hybridized carbons (Fsp3) is 0.875. The third-order valence-corrected chi connectivity index (χ3v) is 9.91. The van der Waals surface area contributed by atoms with E-state index < -0.39 is 20.0 Å². The van der Waals surface area contributed by atoms with Crippen LogP contribution in [0.5, 0.6) is 0 Å². The van der Waals surface area contributed by atoms with Crippen LogP contribution in [0.25, 0.3) is 0 Å². The fourth-order valence-corrected chi connectivity index (χ4v) is 6.38. The van der Waals surface area contributed by atoms with Gasteiger partial charge in [-0.05, 0) is 44.9 Å². The second-order valence-corrected chi connectivity index (χ2v) is 16.4. The van der Waals surface area contributed by atoms with Gasteiger partial charge < -0.3 is 28.8 Å². The smallest absolute Gasteiger partial charge is 0.268 e. The van der Waals surface area contributed by atoms with Crippen molar-refractivity contribution in [3.8, 4) is 0 Å². The van der Waals surface area contributed by atoms with Crippen LogP contribution >= 0.6 is 7.82 Å². The van der Waals surface area contributed by atoms with Gasteiger partial charge in [0.05, 0.1) is 39.9 Å². The number of aliphatic hydroxyl groups is 1. The van der Waals surface area contributed by atoms with E-state index in [4.69, 9.17) is 9.05 Å². The molecule has 0 aliphatic rings. The summed E-state index contributed by atoms with van der Waals surface area (Å²) in [4.78, 5) is 25.2. The van der Waals surface area contributed by atoms with E-state index in [1.54, 1.807) is 0 Å². The maximum Gasteiger partial charge on any atom is 0.268 e. The van der Waals surface area contributed by atoms with Gasteiger partial charge in [-0.25, -0.2) is 0 Å². The Balaban J connectivity index is 4.36. The van der Waals surface area contributed by atoms with Crippen LogP contribution in [0.1, 0.15) is 174 Å². The molecule has 0 heterocycles. The first-order valence-corrected chi connectivity index (χ1v) is 21.6. The minimum atomic E-state index is -4.55. The topological polar surface area (TPSA) is 108 Å². The number of hydrogen-bond acceptors (Lipinski definition) is 6. The Morgan fingerprint density at radius 3 is 1.71 bits per heavy atom. The molecular weight excluding hydrogens is 635 g/mol. The summed E-state index contributed by atoms with van der Waals surface area (Å²) in [6.45, 7) is 4.66. The number of unbranched alkanes of at least 4 members (excludes halogenated alkanes) is 19. The van der Waals surface area contributed by atoms with Crippen LogP contribution in [-0.4, -0.2) is 68.5 Å². The Morgan fingerprint density at radius 2 is 1.18 bits per heavy atom. The molecule has 0 aromatic rings. The van der Waals surface area contributed by atoms with E-state index in [1.807, 2.05) is 21.1 Å². The number of aliphatic hydroxyl groups excluding tert-OH is 1. The number of allylic oxidation sites excluding steroid dienone is 4. The molecule has 9 heteroatoms. The largest absolute Gasteiger partial charge is 0.756 e. The van der Waals surface area contributed by atoms with E-state index >= 15 is 0 Å². The molecule has 0 aliphatic carbocycles. The summed E-state index contributed by atoms with van der Waals surface area (Å²) in [5.41, 5.74) is 0. The van der Waals surface area contributed by atoms with E-state index in [9.17, 15) is 19.4 Å². The Hall–Kier alpha value is -1.02. The van der Waals surface area contributed by atoms with Crippen molar-refractivity contribution in [2.24, 2.45) is 0 Å². The lowest BCUT2D eigenvalue weighted by Gasteiger charge is -2.30. The van der Waals surface area contributed by atoms with Crippen LogP contribution in [0.15, 0.2) is 24.3 Å². The minimum absolute atomic E-state index is 0.0104. The number of phosphoric ester groups is 1. The first-order valence-electron chi connectivity index (χ1n) is 20.2. The van der Waals surface area contributed by atoms with Crippen molar-refractivity contribution in [3.63, 3.8) is 0 Å². The summed E-state index contributed by atoms with van der Waals surface area (Å²) >= 11 is 0. The first-order chi connectivity index (χ1) is 23.5. The number of phosphoric acid groups is 1. The third kappa shape index (κ3) is 35.2. The van der Waals surface area contributed by atoms with Crippen molar-refractivity contribution >= 4 is 13.7 Å². The van der Waals surface area contributed by atoms with Crippen LogP contribution in [0.2, 0.25) is 0 Å². The molecular formula is C40H79N2O6P. The second-order valence-electron chi connectivity index (χ2n) is 15.0. The highest BCUT2D eigenvalue weighted by Gasteiger charge is 2.24. The minimum Gasteiger partial charge on any atom is -0.756 e. The molecule has 49 heavy (non-hydrogen) atoms. The molecule has 8 nitrogen and oxygen atoms in total. The summed E-state index contributed by atoms with van der Waals surface area (Å²) in [7, 11) is 1.29. The van der Waals surface area contributed by atoms with E-state index in [0.717, 1.165) is 51.4 Å². The van der Waals surface area contributed by atoms with Crippen molar-refractivity contribution in [2.45, 2.75) is 187 Å². The molecule has 0 rings (SSSR count). The lowest BCUT2D eigenvalue weighted by atomic mass is 10.0. The maximum atomic E-state index is 12.8. The molecule has 290 valence electrons. The molecule has 0 bridgehead atoms. The number of carbonyl (C=O) groups excluding carboxylic acids is 1. The average molecular weight is 715 g/mol. The van der Waals surface area contributed by atoms with Crippen molar-refractivity contribution in [1.29, 1.82) is 0 Å². The van der Waals surface area contributed by atoms with Gasteiger partial charge in [0.25, 0.3) is 7.82 Å². The van der Waals surface area contributed by atoms with Crippen LogP contribution in [0.4, 0.5) is 0 Å². The normalized spacial score (nSPS) is 14.8. The Labute approximate surface area is 303 Å². The van der Waals surface area contributed by atoms with Crippen LogP contribution < -0.4 is 10.2 Å². The molecule has 0 radical (unpaired) electrons. The highest BCUT2D eigenvalue weighted by molar-refractivity contribution is 7.45. The zero-order chi connectivity index (χ0) is 36.5. The summed E-state index contributed by atoms with van der Waals surface area (Å²) in [6.07, 6.45) is 36.1. The summed E-state index contributed by atoms with van der Waals surface area (Å²) in [6, 6.07) is -0.800. The number of nitrogens with zero attached hydrogens (tertiary/aromatic N) is 1. The number of hydrogen-bond donors (Lipinski definition) is 2. The monoisotopic (exact) mass is 715 g/mol. The third-order valence-electron chi connectivity index (χ3n) is 8.94. The molecule has 0 fully saturated rings. The lowest BCUT2D eigenvalue weighted by molar-refractivity contribution is -0.870. The van der Waals surface area contributed by atoms with Gasteiger partial charge in [-0.3, -0.25) is 9.36 Å². The fourth-order valence-electron chi connectivity index (χ4n) is 5.66. The number of likely N-dealkylation sites (N-methyl/N-ethyl adjacent to an activating group) is 1. The van der Waals surface area contributed by atoms with Gasteiger partial charge in [-0.1, -0.05) is 147 Å². The van der Waals surface area contributed by atoms with Crippen molar-refractivity contribution in [2.75, 3.05) is 40.9 Å². The Morgan fingerprint density at radius 1 is 0.714 bits per heavy atom. The van der Waals surface area contributed by atoms with Gasteiger partial charge in [0.15, 0.2) is 0 Å². The second kappa shape index (κ2) is 32.9. The van der Waals surface area contributed by atoms with Crippen molar-refractivity contribution in [1.82, 2.24) is 5.32 Å². The van der Waals surface area contributed by atoms with E-state index in [-0.39, 0.29) is 19.1 Å². The molecule has 0 aromatic carbocycles. The van der Waals surface area contributed by atoms with Gasteiger partial charge in [0.1, 0.15) is 13.2 Å². The Bertz CT molecular complexity index is 860. The highest BCUT2D eigenvalue weighted by Crippen LogP contribution is 2.38.